The predicted octanol–water partition coefficient (Wildman–Crippen LogP) is 4.52. The van der Waals surface area contributed by atoms with Gasteiger partial charge < -0.3 is 0 Å². The molecule has 0 amide bonds. The van der Waals surface area contributed by atoms with Gasteiger partial charge >= 0.3 is 0 Å². The molecule has 0 aromatic carbocycles. The summed E-state index contributed by atoms with van der Waals surface area (Å²) in [5, 5.41) is 0. The van der Waals surface area contributed by atoms with E-state index in [2.05, 4.69) is 13.8 Å². The van der Waals surface area contributed by atoms with Gasteiger partial charge in [0.2, 0.25) is 0 Å². The molecule has 0 aliphatic heterocycles. The van der Waals surface area contributed by atoms with Crippen LogP contribution in [0.5, 0.6) is 0 Å². The third-order valence-corrected chi connectivity index (χ3v) is 2.86. The standard InChI is InChI=1S/C14H26O/c1-3-5-11-14(10-4-2)12-8-6-7-9-13-15/h7,9,13-14H,3-6,8,10-12H2,1-2H3/b9-7-. The largest absolute Gasteiger partial charge is 0.299 e. The molecule has 0 heterocycles. The van der Waals surface area contributed by atoms with Gasteiger partial charge in [-0.05, 0) is 24.8 Å². The first-order valence-electron chi connectivity index (χ1n) is 6.45. The van der Waals surface area contributed by atoms with E-state index in [-0.39, 0.29) is 0 Å². The van der Waals surface area contributed by atoms with E-state index in [1.807, 2.05) is 6.08 Å². The van der Waals surface area contributed by atoms with Crippen LogP contribution in [-0.2, 0) is 4.79 Å². The summed E-state index contributed by atoms with van der Waals surface area (Å²) < 4.78 is 0. The number of carbonyl (C=O) groups excluding carboxylic acids is 1. The second-order valence-corrected chi connectivity index (χ2v) is 4.29. The van der Waals surface area contributed by atoms with Crippen LogP contribution in [0.4, 0.5) is 0 Å². The van der Waals surface area contributed by atoms with E-state index in [1.165, 1.54) is 44.9 Å². The number of rotatable bonds is 10. The second-order valence-electron chi connectivity index (χ2n) is 4.29. The number of carbonyl (C=O) groups is 1. The van der Waals surface area contributed by atoms with Crippen molar-refractivity contribution in [2.45, 2.75) is 65.2 Å². The zero-order valence-electron chi connectivity index (χ0n) is 10.4. The SMILES string of the molecule is CCCCC(CCC)CCC/C=C\C=O. The second kappa shape index (κ2) is 11.5. The Bertz CT molecular complexity index is 161. The minimum absolute atomic E-state index is 0.862. The van der Waals surface area contributed by atoms with Crippen molar-refractivity contribution in [2.24, 2.45) is 5.92 Å². The van der Waals surface area contributed by atoms with Crippen LogP contribution in [0, 0.1) is 5.92 Å². The first-order chi connectivity index (χ1) is 7.35. The average molecular weight is 210 g/mol. The molecular weight excluding hydrogens is 184 g/mol. The highest BCUT2D eigenvalue weighted by Gasteiger charge is 2.05. The number of allylic oxidation sites excluding steroid dienone is 2. The van der Waals surface area contributed by atoms with E-state index in [0.29, 0.717) is 0 Å². The normalized spacial score (nSPS) is 13.2. The molecular formula is C14H26O. The molecule has 1 heteroatoms. The fourth-order valence-corrected chi connectivity index (χ4v) is 2.01. The van der Waals surface area contributed by atoms with Crippen molar-refractivity contribution in [1.82, 2.24) is 0 Å². The van der Waals surface area contributed by atoms with Crippen LogP contribution >= 0.6 is 0 Å². The first kappa shape index (κ1) is 14.4. The summed E-state index contributed by atoms with van der Waals surface area (Å²) in [6.07, 6.45) is 14.8. The molecule has 15 heavy (non-hydrogen) atoms. The molecule has 0 aliphatic carbocycles. The highest BCUT2D eigenvalue weighted by Crippen LogP contribution is 2.21. The van der Waals surface area contributed by atoms with Crippen molar-refractivity contribution < 1.29 is 4.79 Å². The lowest BCUT2D eigenvalue weighted by atomic mass is 9.92. The molecule has 88 valence electrons. The molecule has 1 atom stereocenters. The molecule has 0 N–H and O–H groups in total. The fraction of sp³-hybridized carbons (Fsp3) is 0.786. The van der Waals surface area contributed by atoms with Crippen LogP contribution in [0.1, 0.15) is 65.2 Å². The highest BCUT2D eigenvalue weighted by atomic mass is 16.1. The summed E-state index contributed by atoms with van der Waals surface area (Å²) in [4.78, 5) is 10.1. The lowest BCUT2D eigenvalue weighted by molar-refractivity contribution is -0.104. The van der Waals surface area contributed by atoms with Crippen LogP contribution < -0.4 is 0 Å². The monoisotopic (exact) mass is 210 g/mol. The molecule has 0 spiro atoms. The van der Waals surface area contributed by atoms with E-state index < -0.39 is 0 Å². The minimum Gasteiger partial charge on any atom is -0.299 e. The molecule has 0 aromatic rings. The van der Waals surface area contributed by atoms with Crippen molar-refractivity contribution in [3.63, 3.8) is 0 Å². The van der Waals surface area contributed by atoms with Gasteiger partial charge in [-0.1, -0.05) is 58.4 Å². The molecule has 0 radical (unpaired) electrons. The van der Waals surface area contributed by atoms with Gasteiger partial charge in [-0.3, -0.25) is 4.79 Å². The van der Waals surface area contributed by atoms with Gasteiger partial charge in [0, 0.05) is 0 Å². The fourth-order valence-electron chi connectivity index (χ4n) is 2.01. The molecule has 1 nitrogen and oxygen atoms in total. The highest BCUT2D eigenvalue weighted by molar-refractivity contribution is 5.64. The summed E-state index contributed by atoms with van der Waals surface area (Å²) in [7, 11) is 0. The Morgan fingerprint density at radius 1 is 1.00 bits per heavy atom. The summed E-state index contributed by atoms with van der Waals surface area (Å²) in [6.45, 7) is 4.53. The van der Waals surface area contributed by atoms with Gasteiger partial charge in [0.05, 0.1) is 0 Å². The van der Waals surface area contributed by atoms with E-state index >= 15 is 0 Å². The van der Waals surface area contributed by atoms with Crippen molar-refractivity contribution in [3.8, 4) is 0 Å². The number of aldehydes is 1. The average Bonchev–Trinajstić information content (AvgIpc) is 2.25. The molecule has 0 saturated carbocycles. The smallest absolute Gasteiger partial charge is 0.142 e. The molecule has 0 rings (SSSR count). The maximum Gasteiger partial charge on any atom is 0.142 e. The van der Waals surface area contributed by atoms with Gasteiger partial charge in [-0.15, -0.1) is 0 Å². The van der Waals surface area contributed by atoms with E-state index in [0.717, 1.165) is 18.6 Å². The van der Waals surface area contributed by atoms with Gasteiger partial charge in [0.15, 0.2) is 0 Å². The Labute approximate surface area is 95.0 Å². The van der Waals surface area contributed by atoms with E-state index in [9.17, 15) is 4.79 Å². The van der Waals surface area contributed by atoms with Crippen molar-refractivity contribution in [3.05, 3.63) is 12.2 Å². The Hall–Kier alpha value is -0.590. The minimum atomic E-state index is 0.862. The molecule has 0 bridgehead atoms. The van der Waals surface area contributed by atoms with Crippen LogP contribution in [0.3, 0.4) is 0 Å². The van der Waals surface area contributed by atoms with Crippen LogP contribution in [0.15, 0.2) is 12.2 Å². The maximum absolute atomic E-state index is 10.1. The molecule has 1 unspecified atom stereocenters. The quantitative estimate of drug-likeness (QED) is 0.294. The predicted molar refractivity (Wildman–Crippen MR) is 67.0 cm³/mol. The Kier molecular flexibility index (Phi) is 11.0. The lowest BCUT2D eigenvalue weighted by Gasteiger charge is -2.14. The van der Waals surface area contributed by atoms with Gasteiger partial charge in [-0.2, -0.15) is 0 Å². The third-order valence-electron chi connectivity index (χ3n) is 2.86. The lowest BCUT2D eigenvalue weighted by Crippen LogP contribution is -1.99. The molecule has 0 aliphatic rings. The van der Waals surface area contributed by atoms with Crippen molar-refractivity contribution >= 4 is 6.29 Å². The van der Waals surface area contributed by atoms with Gasteiger partial charge in [0.25, 0.3) is 0 Å². The van der Waals surface area contributed by atoms with E-state index in [4.69, 9.17) is 0 Å². The topological polar surface area (TPSA) is 17.1 Å². The summed E-state index contributed by atoms with van der Waals surface area (Å²) in [5.74, 6) is 0.916. The summed E-state index contributed by atoms with van der Waals surface area (Å²) >= 11 is 0. The summed E-state index contributed by atoms with van der Waals surface area (Å²) in [6, 6.07) is 0. The number of hydrogen-bond acceptors (Lipinski definition) is 1. The molecule has 0 fully saturated rings. The van der Waals surface area contributed by atoms with Crippen LogP contribution in [0.25, 0.3) is 0 Å². The molecule has 0 aromatic heterocycles. The third kappa shape index (κ3) is 9.71. The Morgan fingerprint density at radius 2 is 1.73 bits per heavy atom. The van der Waals surface area contributed by atoms with Crippen molar-refractivity contribution in [1.29, 1.82) is 0 Å². The van der Waals surface area contributed by atoms with Gasteiger partial charge in [-0.25, -0.2) is 0 Å². The van der Waals surface area contributed by atoms with E-state index in [1.54, 1.807) is 6.08 Å². The zero-order chi connectivity index (χ0) is 11.4. The first-order valence-corrected chi connectivity index (χ1v) is 6.45. The van der Waals surface area contributed by atoms with Crippen molar-refractivity contribution in [2.75, 3.05) is 0 Å². The van der Waals surface area contributed by atoms with Crippen LogP contribution in [0.2, 0.25) is 0 Å². The molecule has 0 saturated heterocycles. The van der Waals surface area contributed by atoms with Gasteiger partial charge in [0.1, 0.15) is 6.29 Å². The number of hydrogen-bond donors (Lipinski definition) is 0. The maximum atomic E-state index is 10.1. The number of unbranched alkanes of at least 4 members (excludes halogenated alkanes) is 2. The Balaban J connectivity index is 3.55. The summed E-state index contributed by atoms with van der Waals surface area (Å²) in [5.41, 5.74) is 0. The Morgan fingerprint density at radius 3 is 2.33 bits per heavy atom. The van der Waals surface area contributed by atoms with Crippen LogP contribution in [-0.4, -0.2) is 6.29 Å². The zero-order valence-corrected chi connectivity index (χ0v) is 10.4.